The van der Waals surface area contributed by atoms with Crippen LogP contribution in [-0.4, -0.2) is 31.1 Å². The predicted molar refractivity (Wildman–Crippen MR) is 146 cm³/mol. The monoisotopic (exact) mass is 514 g/mol. The molecule has 0 radical (unpaired) electrons. The number of benzene rings is 1. The van der Waals surface area contributed by atoms with E-state index in [1.165, 1.54) is 11.3 Å². The normalized spacial score (nSPS) is 17.3. The highest BCUT2D eigenvalue weighted by atomic mass is 32.1. The zero-order chi connectivity index (χ0) is 26.4. The Morgan fingerprint density at radius 1 is 1.14 bits per heavy atom. The summed E-state index contributed by atoms with van der Waals surface area (Å²) in [6.45, 7) is 8.48. The molecule has 0 aliphatic heterocycles. The van der Waals surface area contributed by atoms with Gasteiger partial charge in [-0.25, -0.2) is 19.7 Å². The van der Waals surface area contributed by atoms with Gasteiger partial charge in [-0.3, -0.25) is 0 Å². The molecule has 0 spiro atoms. The average molecular weight is 515 g/mol. The van der Waals surface area contributed by atoms with Crippen molar-refractivity contribution in [2.24, 2.45) is 0 Å². The van der Waals surface area contributed by atoms with Crippen LogP contribution in [-0.2, 0) is 17.4 Å². The molecule has 3 N–H and O–H groups in total. The lowest BCUT2D eigenvalue weighted by Gasteiger charge is -2.33. The molecule has 190 valence electrons. The Morgan fingerprint density at radius 3 is 2.70 bits per heavy atom. The van der Waals surface area contributed by atoms with E-state index in [2.05, 4.69) is 42.1 Å². The smallest absolute Gasteiger partial charge is 0.335 e. The number of rotatable bonds is 5. The number of carboxylic acids is 1. The van der Waals surface area contributed by atoms with Crippen molar-refractivity contribution in [2.75, 3.05) is 5.32 Å². The fraction of sp³-hybridized carbons (Fsp3) is 0.310. The van der Waals surface area contributed by atoms with Crippen molar-refractivity contribution in [3.8, 4) is 10.6 Å². The molecule has 0 amide bonds. The van der Waals surface area contributed by atoms with Crippen LogP contribution in [0.4, 0.5) is 11.6 Å². The van der Waals surface area contributed by atoms with Crippen molar-refractivity contribution >= 4 is 28.9 Å². The van der Waals surface area contributed by atoms with Crippen LogP contribution in [0.5, 0.6) is 0 Å². The van der Waals surface area contributed by atoms with Gasteiger partial charge in [-0.15, -0.1) is 11.3 Å². The summed E-state index contributed by atoms with van der Waals surface area (Å²) >= 11 is 1.41. The molecule has 3 aromatic heterocycles. The molecule has 0 fully saturated rings. The highest BCUT2D eigenvalue weighted by Crippen LogP contribution is 2.44. The van der Waals surface area contributed by atoms with Gasteiger partial charge in [0.25, 0.3) is 0 Å². The van der Waals surface area contributed by atoms with Crippen molar-refractivity contribution in [3.05, 3.63) is 87.7 Å². The van der Waals surface area contributed by atoms with Crippen LogP contribution in [0.2, 0.25) is 0 Å². The van der Waals surface area contributed by atoms with Gasteiger partial charge in [0, 0.05) is 18.0 Å². The van der Waals surface area contributed by atoms with Crippen LogP contribution in [0.15, 0.2) is 54.9 Å². The first kappa shape index (κ1) is 25.0. The zero-order valence-corrected chi connectivity index (χ0v) is 22.2. The second-order valence-corrected chi connectivity index (χ2v) is 11.6. The second-order valence-electron chi connectivity index (χ2n) is 10.6. The molecule has 7 nitrogen and oxygen atoms in total. The Hall–Kier alpha value is -3.62. The van der Waals surface area contributed by atoms with E-state index in [1.54, 1.807) is 30.6 Å². The molecule has 37 heavy (non-hydrogen) atoms. The van der Waals surface area contributed by atoms with Crippen molar-refractivity contribution in [1.29, 1.82) is 0 Å². The molecule has 5 rings (SSSR count). The molecule has 1 aromatic carbocycles. The van der Waals surface area contributed by atoms with E-state index in [0.717, 1.165) is 51.5 Å². The second kappa shape index (κ2) is 9.36. The predicted octanol–water partition coefficient (Wildman–Crippen LogP) is 6.22. The molecule has 0 saturated carbocycles. The maximum atomic E-state index is 11.8. The molecule has 1 atom stereocenters. The van der Waals surface area contributed by atoms with E-state index in [-0.39, 0.29) is 11.0 Å². The van der Waals surface area contributed by atoms with Crippen LogP contribution < -0.4 is 5.32 Å². The number of thiazole rings is 1. The average Bonchev–Trinajstić information content (AvgIpc) is 3.35. The minimum atomic E-state index is -1.26. The van der Waals surface area contributed by atoms with Gasteiger partial charge in [0.2, 0.25) is 0 Å². The molecular weight excluding hydrogens is 484 g/mol. The van der Waals surface area contributed by atoms with E-state index < -0.39 is 11.6 Å². The first-order chi connectivity index (χ1) is 17.5. The maximum Gasteiger partial charge on any atom is 0.335 e. The first-order valence-corrected chi connectivity index (χ1v) is 13.1. The maximum absolute atomic E-state index is 11.8. The van der Waals surface area contributed by atoms with Crippen molar-refractivity contribution in [2.45, 2.75) is 58.0 Å². The van der Waals surface area contributed by atoms with Gasteiger partial charge < -0.3 is 15.5 Å². The first-order valence-electron chi connectivity index (χ1n) is 12.3. The number of pyridine rings is 2. The lowest BCUT2D eigenvalue weighted by Crippen LogP contribution is -2.32. The number of aryl methyl sites for hydroxylation is 2. The number of hydrogen-bond acceptors (Lipinski definition) is 7. The lowest BCUT2D eigenvalue weighted by molar-refractivity contribution is 0.0607. The third kappa shape index (κ3) is 4.86. The molecular formula is C29H30N4O3S. The minimum absolute atomic E-state index is 0.0766. The number of hydrogen-bond donors (Lipinski definition) is 3. The number of aliphatic hydroxyl groups is 1. The Morgan fingerprint density at radius 2 is 1.95 bits per heavy atom. The van der Waals surface area contributed by atoms with Crippen LogP contribution >= 0.6 is 11.3 Å². The highest BCUT2D eigenvalue weighted by Gasteiger charge is 2.39. The summed E-state index contributed by atoms with van der Waals surface area (Å²) in [7, 11) is 0. The summed E-state index contributed by atoms with van der Waals surface area (Å²) < 4.78 is 0. The van der Waals surface area contributed by atoms with Gasteiger partial charge in [0.15, 0.2) is 0 Å². The van der Waals surface area contributed by atoms with E-state index in [9.17, 15) is 15.0 Å². The molecule has 3 heterocycles. The largest absolute Gasteiger partial charge is 0.478 e. The van der Waals surface area contributed by atoms with E-state index in [1.807, 2.05) is 25.1 Å². The molecule has 4 aromatic rings. The summed E-state index contributed by atoms with van der Waals surface area (Å²) in [6.07, 6.45) is 5.54. The van der Waals surface area contributed by atoms with Gasteiger partial charge in [0.1, 0.15) is 22.2 Å². The fourth-order valence-electron chi connectivity index (χ4n) is 4.90. The summed E-state index contributed by atoms with van der Waals surface area (Å²) in [5.41, 5.74) is 3.39. The molecule has 1 aliphatic carbocycles. The van der Waals surface area contributed by atoms with Crippen molar-refractivity contribution < 1.29 is 15.0 Å². The minimum Gasteiger partial charge on any atom is -0.478 e. The number of anilines is 2. The van der Waals surface area contributed by atoms with Crippen molar-refractivity contribution in [1.82, 2.24) is 15.0 Å². The van der Waals surface area contributed by atoms with Crippen LogP contribution in [0.1, 0.15) is 71.2 Å². The number of nitrogens with zero attached hydrogens (tertiary/aromatic N) is 3. The number of aromatic nitrogens is 3. The SMILES string of the molecule is Cc1cc(Nc2ncccc2C(C)(C)C)nc(-c2cnc(C3(O)CCCc4cc(C(=O)O)ccc43)s2)c1. The standard InChI is InChI=1S/C29H30N4O3S/c1-17-13-22(32-24(14-17)33-25-21(28(2,3)4)8-6-12-30-25)23-16-31-27(37-23)29(36)11-5-7-18-15-19(26(34)35)9-10-20(18)29/h6,8-10,12-16,36H,5,7,11H2,1-4H3,(H,34,35)(H,30,32,33). The fourth-order valence-corrected chi connectivity index (χ4v) is 5.91. The summed E-state index contributed by atoms with van der Waals surface area (Å²) in [5, 5.41) is 25.1. The number of fused-ring (bicyclic) bond motifs is 1. The summed E-state index contributed by atoms with van der Waals surface area (Å²) in [6, 6.07) is 12.9. The number of aromatic carboxylic acids is 1. The molecule has 0 bridgehead atoms. The van der Waals surface area contributed by atoms with E-state index in [0.29, 0.717) is 17.2 Å². The molecule has 8 heteroatoms. The van der Waals surface area contributed by atoms with Gasteiger partial charge in [-0.05, 0) is 78.6 Å². The number of carbonyl (C=O) groups is 1. The Bertz CT molecular complexity index is 1490. The van der Waals surface area contributed by atoms with E-state index in [4.69, 9.17) is 4.98 Å². The zero-order valence-electron chi connectivity index (χ0n) is 21.4. The molecule has 1 unspecified atom stereocenters. The van der Waals surface area contributed by atoms with Gasteiger partial charge >= 0.3 is 5.97 Å². The summed E-state index contributed by atoms with van der Waals surface area (Å²) in [4.78, 5) is 26.3. The van der Waals surface area contributed by atoms with Crippen molar-refractivity contribution in [3.63, 3.8) is 0 Å². The lowest BCUT2D eigenvalue weighted by atomic mass is 9.79. The van der Waals surface area contributed by atoms with Gasteiger partial charge in [-0.1, -0.05) is 32.9 Å². The topological polar surface area (TPSA) is 108 Å². The summed E-state index contributed by atoms with van der Waals surface area (Å²) in [5.74, 6) is 0.499. The molecule has 1 aliphatic rings. The third-order valence-corrected chi connectivity index (χ3v) is 7.90. The Balaban J connectivity index is 1.48. The van der Waals surface area contributed by atoms with Crippen LogP contribution in [0.25, 0.3) is 10.6 Å². The quantitative estimate of drug-likeness (QED) is 0.290. The van der Waals surface area contributed by atoms with Crippen LogP contribution in [0, 0.1) is 6.92 Å². The van der Waals surface area contributed by atoms with Crippen LogP contribution in [0.3, 0.4) is 0 Å². The Labute approximate surface area is 220 Å². The van der Waals surface area contributed by atoms with Gasteiger partial charge in [-0.2, -0.15) is 0 Å². The van der Waals surface area contributed by atoms with Gasteiger partial charge in [0.05, 0.1) is 16.1 Å². The molecule has 0 saturated heterocycles. The number of carboxylic acid groups (broad SMARTS) is 1. The highest BCUT2D eigenvalue weighted by molar-refractivity contribution is 7.15. The third-order valence-electron chi connectivity index (χ3n) is 6.73. The Kier molecular flexibility index (Phi) is 6.33. The number of nitrogens with one attached hydrogen (secondary N) is 1. The van der Waals surface area contributed by atoms with E-state index >= 15 is 0 Å².